The van der Waals surface area contributed by atoms with Crippen LogP contribution in [0.15, 0.2) is 18.2 Å². The lowest BCUT2D eigenvalue weighted by molar-refractivity contribution is 0.152. The fraction of sp³-hybridized carbons (Fsp3) is 0.600. The molecule has 0 saturated carbocycles. The van der Waals surface area contributed by atoms with Crippen molar-refractivity contribution in [2.45, 2.75) is 24.3 Å². The van der Waals surface area contributed by atoms with Gasteiger partial charge in [-0.25, -0.2) is 0 Å². The van der Waals surface area contributed by atoms with Crippen molar-refractivity contribution in [1.82, 2.24) is 4.90 Å². The Morgan fingerprint density at radius 2 is 2.32 bits per heavy atom. The van der Waals surface area contributed by atoms with Crippen molar-refractivity contribution >= 4 is 15.9 Å². The van der Waals surface area contributed by atoms with E-state index >= 15 is 0 Å². The summed E-state index contributed by atoms with van der Waals surface area (Å²) in [6.07, 6.45) is 1.28. The third-order valence-corrected chi connectivity index (χ3v) is 3.88. The molecule has 2 rings (SSSR count). The van der Waals surface area contributed by atoms with E-state index in [1.807, 2.05) is 0 Å². The maximum absolute atomic E-state index is 5.99. The minimum atomic E-state index is 0.268. The second-order valence-electron chi connectivity index (χ2n) is 5.33. The van der Waals surface area contributed by atoms with Gasteiger partial charge < -0.3 is 14.4 Å². The molecule has 1 heterocycles. The van der Waals surface area contributed by atoms with Crippen LogP contribution in [0.25, 0.3) is 0 Å². The number of hydrogen-bond donors (Lipinski definition) is 0. The standard InChI is InChI=1S/C15H22BrNO2/c1-11-4-5-15-12(6-11)7-14(19-15)9-17(2)8-13(16)10-18-3/h4-6,13-14H,7-10H2,1-3H3. The third-order valence-electron chi connectivity index (χ3n) is 3.33. The quantitative estimate of drug-likeness (QED) is 0.750. The highest BCUT2D eigenvalue weighted by Crippen LogP contribution is 2.29. The molecule has 0 radical (unpaired) electrons. The first kappa shape index (κ1) is 14.8. The minimum absolute atomic E-state index is 0.268. The van der Waals surface area contributed by atoms with Gasteiger partial charge in [0, 0.05) is 26.6 Å². The number of rotatable bonds is 6. The molecule has 0 saturated heterocycles. The lowest BCUT2D eigenvalue weighted by atomic mass is 10.1. The SMILES string of the molecule is COCC(Br)CN(C)CC1Cc2cc(C)ccc2O1. The molecule has 19 heavy (non-hydrogen) atoms. The zero-order chi connectivity index (χ0) is 13.8. The fourth-order valence-corrected chi connectivity index (χ4v) is 3.30. The van der Waals surface area contributed by atoms with E-state index in [-0.39, 0.29) is 6.10 Å². The van der Waals surface area contributed by atoms with E-state index < -0.39 is 0 Å². The van der Waals surface area contributed by atoms with E-state index in [2.05, 4.69) is 53.0 Å². The van der Waals surface area contributed by atoms with Gasteiger partial charge >= 0.3 is 0 Å². The number of halogens is 1. The molecule has 0 spiro atoms. The Labute approximate surface area is 124 Å². The van der Waals surface area contributed by atoms with Gasteiger partial charge in [-0.3, -0.25) is 0 Å². The van der Waals surface area contributed by atoms with Crippen molar-refractivity contribution in [2.24, 2.45) is 0 Å². The van der Waals surface area contributed by atoms with E-state index in [9.17, 15) is 0 Å². The van der Waals surface area contributed by atoms with Gasteiger partial charge in [-0.15, -0.1) is 0 Å². The summed E-state index contributed by atoms with van der Waals surface area (Å²) in [5.41, 5.74) is 2.64. The summed E-state index contributed by atoms with van der Waals surface area (Å²) in [7, 11) is 3.86. The molecule has 2 unspecified atom stereocenters. The highest BCUT2D eigenvalue weighted by atomic mass is 79.9. The van der Waals surface area contributed by atoms with Crippen LogP contribution in [0.1, 0.15) is 11.1 Å². The molecule has 0 amide bonds. The Morgan fingerprint density at radius 3 is 3.05 bits per heavy atom. The van der Waals surface area contributed by atoms with Crippen molar-refractivity contribution in [3.05, 3.63) is 29.3 Å². The second kappa shape index (κ2) is 6.73. The van der Waals surface area contributed by atoms with Gasteiger partial charge in [0.2, 0.25) is 0 Å². The van der Waals surface area contributed by atoms with Gasteiger partial charge in [-0.05, 0) is 25.6 Å². The Kier molecular flexibility index (Phi) is 5.25. The second-order valence-corrected chi connectivity index (χ2v) is 6.62. The third kappa shape index (κ3) is 4.20. The van der Waals surface area contributed by atoms with Crippen molar-refractivity contribution in [2.75, 3.05) is 33.9 Å². The molecule has 0 fully saturated rings. The van der Waals surface area contributed by atoms with Gasteiger partial charge in [0.05, 0.1) is 11.4 Å². The summed E-state index contributed by atoms with van der Waals surface area (Å²) < 4.78 is 11.1. The monoisotopic (exact) mass is 327 g/mol. The maximum Gasteiger partial charge on any atom is 0.123 e. The van der Waals surface area contributed by atoms with Crippen LogP contribution >= 0.6 is 15.9 Å². The van der Waals surface area contributed by atoms with Crippen LogP contribution in [0, 0.1) is 6.92 Å². The van der Waals surface area contributed by atoms with Gasteiger partial charge in [0.15, 0.2) is 0 Å². The largest absolute Gasteiger partial charge is 0.488 e. The molecule has 0 N–H and O–H groups in total. The number of nitrogens with zero attached hydrogens (tertiary/aromatic N) is 1. The highest BCUT2D eigenvalue weighted by molar-refractivity contribution is 9.09. The highest BCUT2D eigenvalue weighted by Gasteiger charge is 2.24. The molecule has 2 atom stereocenters. The normalized spacial score (nSPS) is 19.3. The zero-order valence-electron chi connectivity index (χ0n) is 11.9. The van der Waals surface area contributed by atoms with Gasteiger partial charge in [0.1, 0.15) is 11.9 Å². The molecule has 1 aromatic carbocycles. The predicted molar refractivity (Wildman–Crippen MR) is 81.4 cm³/mol. The molecule has 0 aliphatic carbocycles. The van der Waals surface area contributed by atoms with Crippen molar-refractivity contribution in [3.8, 4) is 5.75 Å². The van der Waals surface area contributed by atoms with Crippen LogP contribution in [0.3, 0.4) is 0 Å². The van der Waals surface area contributed by atoms with Crippen molar-refractivity contribution in [3.63, 3.8) is 0 Å². The van der Waals surface area contributed by atoms with Crippen molar-refractivity contribution < 1.29 is 9.47 Å². The topological polar surface area (TPSA) is 21.7 Å². The van der Waals surface area contributed by atoms with Crippen molar-refractivity contribution in [1.29, 1.82) is 0 Å². The van der Waals surface area contributed by atoms with Gasteiger partial charge in [0.25, 0.3) is 0 Å². The van der Waals surface area contributed by atoms with Crippen LogP contribution in [-0.4, -0.2) is 49.7 Å². The van der Waals surface area contributed by atoms with E-state index in [1.165, 1.54) is 11.1 Å². The van der Waals surface area contributed by atoms with Crippen LogP contribution < -0.4 is 4.74 Å². The Hall–Kier alpha value is -0.580. The summed E-state index contributed by atoms with van der Waals surface area (Å²) in [4.78, 5) is 2.66. The first-order valence-corrected chi connectivity index (χ1v) is 7.57. The van der Waals surface area contributed by atoms with E-state index in [0.29, 0.717) is 4.83 Å². The lowest BCUT2D eigenvalue weighted by Gasteiger charge is -2.22. The van der Waals surface area contributed by atoms with Crippen LogP contribution in [0.5, 0.6) is 5.75 Å². The molecule has 1 aliphatic rings. The maximum atomic E-state index is 5.99. The smallest absolute Gasteiger partial charge is 0.123 e. The number of fused-ring (bicyclic) bond motifs is 1. The average Bonchev–Trinajstić information content (AvgIpc) is 2.70. The van der Waals surface area contributed by atoms with Gasteiger partial charge in [-0.2, -0.15) is 0 Å². The molecular weight excluding hydrogens is 306 g/mol. The molecular formula is C15H22BrNO2. The number of hydrogen-bond acceptors (Lipinski definition) is 3. The summed E-state index contributed by atoms with van der Waals surface area (Å²) in [5, 5.41) is 0. The molecule has 0 aromatic heterocycles. The predicted octanol–water partition coefficient (Wildman–Crippen LogP) is 2.64. The van der Waals surface area contributed by atoms with Gasteiger partial charge in [-0.1, -0.05) is 33.6 Å². The molecule has 4 heteroatoms. The number of methoxy groups -OCH3 is 1. The Morgan fingerprint density at radius 1 is 1.53 bits per heavy atom. The zero-order valence-corrected chi connectivity index (χ0v) is 13.4. The van der Waals surface area contributed by atoms with Crippen LogP contribution in [0.2, 0.25) is 0 Å². The lowest BCUT2D eigenvalue weighted by Crippen LogP contribution is -2.36. The van der Waals surface area contributed by atoms with E-state index in [4.69, 9.17) is 9.47 Å². The molecule has 106 valence electrons. The Bertz CT molecular complexity index is 425. The average molecular weight is 328 g/mol. The number of alkyl halides is 1. The van der Waals surface area contributed by atoms with Crippen LogP contribution in [0.4, 0.5) is 0 Å². The molecule has 1 aromatic rings. The Balaban J connectivity index is 1.83. The minimum Gasteiger partial charge on any atom is -0.488 e. The van der Waals surface area contributed by atoms with E-state index in [0.717, 1.165) is 31.9 Å². The number of aryl methyl sites for hydroxylation is 1. The number of benzene rings is 1. The summed E-state index contributed by atoms with van der Waals surface area (Å²) in [5.74, 6) is 1.05. The first-order chi connectivity index (χ1) is 9.08. The van der Waals surface area contributed by atoms with E-state index in [1.54, 1.807) is 7.11 Å². The molecule has 0 bridgehead atoms. The fourth-order valence-electron chi connectivity index (χ4n) is 2.54. The van der Waals surface area contributed by atoms with Crippen LogP contribution in [-0.2, 0) is 11.2 Å². The first-order valence-electron chi connectivity index (χ1n) is 6.66. The number of likely N-dealkylation sites (N-methyl/N-ethyl adjacent to an activating group) is 1. The molecule has 3 nitrogen and oxygen atoms in total. The summed E-state index contributed by atoms with van der Waals surface area (Å²) in [6.45, 7) is 4.76. The summed E-state index contributed by atoms with van der Waals surface area (Å²) >= 11 is 3.62. The number of ether oxygens (including phenoxy) is 2. The summed E-state index contributed by atoms with van der Waals surface area (Å²) in [6, 6.07) is 6.43. The molecule has 1 aliphatic heterocycles.